The van der Waals surface area contributed by atoms with Crippen molar-refractivity contribution in [2.45, 2.75) is 13.1 Å². The molecular weight excluding hydrogens is 316 g/mol. The Bertz CT molecular complexity index is 760. The Kier molecular flexibility index (Phi) is 5.90. The second kappa shape index (κ2) is 8.75. The van der Waals surface area contributed by atoms with E-state index in [9.17, 15) is 0 Å². The highest BCUT2D eigenvalue weighted by Gasteiger charge is 2.10. The van der Waals surface area contributed by atoms with Crippen molar-refractivity contribution in [3.8, 4) is 11.5 Å². The molecule has 3 aromatic rings. The summed E-state index contributed by atoms with van der Waals surface area (Å²) in [6, 6.07) is 15.8. The summed E-state index contributed by atoms with van der Waals surface area (Å²) in [5.74, 6) is 1.48. The smallest absolute Gasteiger partial charge is 0.165 e. The standard InChI is InChI=1S/C19H22N4O2/c1-24-18-9-5-6-16(14-21-22-17-7-3-2-4-8-17)19(18)25-13-12-23-11-10-20-15-23/h2-11,15,21-22H,12-14H2,1H3. The van der Waals surface area contributed by atoms with Gasteiger partial charge in [0.1, 0.15) is 6.61 Å². The molecule has 25 heavy (non-hydrogen) atoms. The molecule has 0 bridgehead atoms. The summed E-state index contributed by atoms with van der Waals surface area (Å²) in [4.78, 5) is 4.03. The largest absolute Gasteiger partial charge is 0.493 e. The summed E-state index contributed by atoms with van der Waals surface area (Å²) >= 11 is 0. The van der Waals surface area contributed by atoms with Crippen LogP contribution in [0.15, 0.2) is 67.3 Å². The van der Waals surface area contributed by atoms with Gasteiger partial charge in [-0.2, -0.15) is 0 Å². The first kappa shape index (κ1) is 16.9. The summed E-state index contributed by atoms with van der Waals surface area (Å²) in [7, 11) is 1.65. The molecule has 6 heteroatoms. The molecule has 0 radical (unpaired) electrons. The number of rotatable bonds is 9. The van der Waals surface area contributed by atoms with Gasteiger partial charge >= 0.3 is 0 Å². The molecule has 0 unspecified atom stereocenters. The average Bonchev–Trinajstić information content (AvgIpc) is 3.17. The molecule has 1 heterocycles. The molecule has 2 N–H and O–H groups in total. The normalized spacial score (nSPS) is 10.4. The zero-order valence-electron chi connectivity index (χ0n) is 14.2. The van der Waals surface area contributed by atoms with Crippen LogP contribution in [0.5, 0.6) is 11.5 Å². The van der Waals surface area contributed by atoms with Crippen LogP contribution in [-0.4, -0.2) is 23.3 Å². The number of nitrogens with zero attached hydrogens (tertiary/aromatic N) is 2. The molecule has 0 atom stereocenters. The number of methoxy groups -OCH3 is 1. The Morgan fingerprint density at radius 3 is 2.72 bits per heavy atom. The maximum atomic E-state index is 5.99. The van der Waals surface area contributed by atoms with Crippen molar-refractivity contribution in [1.82, 2.24) is 15.0 Å². The van der Waals surface area contributed by atoms with Gasteiger partial charge in [0.15, 0.2) is 11.5 Å². The monoisotopic (exact) mass is 338 g/mol. The highest BCUT2D eigenvalue weighted by atomic mass is 16.5. The van der Waals surface area contributed by atoms with Crippen LogP contribution in [0.2, 0.25) is 0 Å². The number of para-hydroxylation sites is 2. The molecule has 130 valence electrons. The molecule has 0 saturated heterocycles. The van der Waals surface area contributed by atoms with Crippen molar-refractivity contribution < 1.29 is 9.47 Å². The number of hydrogen-bond donors (Lipinski definition) is 2. The molecule has 0 spiro atoms. The van der Waals surface area contributed by atoms with Crippen LogP contribution in [0.4, 0.5) is 5.69 Å². The molecule has 0 fully saturated rings. The highest BCUT2D eigenvalue weighted by Crippen LogP contribution is 2.31. The van der Waals surface area contributed by atoms with Crippen LogP contribution in [0, 0.1) is 0 Å². The van der Waals surface area contributed by atoms with Crippen LogP contribution in [0.1, 0.15) is 5.56 Å². The Morgan fingerprint density at radius 1 is 1.08 bits per heavy atom. The third-order valence-corrected chi connectivity index (χ3v) is 3.72. The summed E-state index contributed by atoms with van der Waals surface area (Å²) in [6.07, 6.45) is 5.45. The van der Waals surface area contributed by atoms with Crippen molar-refractivity contribution in [3.05, 3.63) is 72.8 Å². The number of imidazole rings is 1. The van der Waals surface area contributed by atoms with E-state index in [2.05, 4.69) is 15.8 Å². The number of hydrogen-bond acceptors (Lipinski definition) is 5. The molecule has 0 aliphatic carbocycles. The molecule has 6 nitrogen and oxygen atoms in total. The zero-order chi connectivity index (χ0) is 17.3. The number of benzene rings is 2. The van der Waals surface area contributed by atoms with Crippen molar-refractivity contribution in [3.63, 3.8) is 0 Å². The molecule has 2 aromatic carbocycles. The number of hydrazine groups is 1. The summed E-state index contributed by atoms with van der Waals surface area (Å²) < 4.78 is 13.4. The first-order chi connectivity index (χ1) is 12.4. The molecule has 0 aliphatic rings. The van der Waals surface area contributed by atoms with Gasteiger partial charge in [-0.15, -0.1) is 0 Å². The molecule has 1 aromatic heterocycles. The lowest BCUT2D eigenvalue weighted by molar-refractivity contribution is 0.276. The van der Waals surface area contributed by atoms with Gasteiger partial charge in [-0.3, -0.25) is 0 Å². The van der Waals surface area contributed by atoms with Gasteiger partial charge in [0.25, 0.3) is 0 Å². The maximum absolute atomic E-state index is 5.99. The quantitative estimate of drug-likeness (QED) is 0.587. The first-order valence-electron chi connectivity index (χ1n) is 8.15. The molecule has 0 aliphatic heterocycles. The fourth-order valence-corrected chi connectivity index (χ4v) is 2.46. The van der Waals surface area contributed by atoms with Crippen LogP contribution >= 0.6 is 0 Å². The topological polar surface area (TPSA) is 60.3 Å². The predicted octanol–water partition coefficient (Wildman–Crippen LogP) is 3.09. The average molecular weight is 338 g/mol. The molecule has 3 rings (SSSR count). The molecule has 0 saturated carbocycles. The van der Waals surface area contributed by atoms with Crippen molar-refractivity contribution in [1.29, 1.82) is 0 Å². The minimum atomic E-state index is 0.538. The maximum Gasteiger partial charge on any atom is 0.165 e. The van der Waals surface area contributed by atoms with E-state index in [1.807, 2.05) is 59.3 Å². The Balaban J connectivity index is 1.61. The van der Waals surface area contributed by atoms with Gasteiger partial charge < -0.3 is 19.5 Å². The Morgan fingerprint density at radius 2 is 1.96 bits per heavy atom. The van der Waals surface area contributed by atoms with E-state index in [0.29, 0.717) is 13.2 Å². The van der Waals surface area contributed by atoms with E-state index in [-0.39, 0.29) is 0 Å². The first-order valence-corrected chi connectivity index (χ1v) is 8.15. The highest BCUT2D eigenvalue weighted by molar-refractivity contribution is 5.47. The number of ether oxygens (including phenoxy) is 2. The molecular formula is C19H22N4O2. The lowest BCUT2D eigenvalue weighted by Gasteiger charge is -2.16. The second-order valence-electron chi connectivity index (χ2n) is 5.44. The zero-order valence-corrected chi connectivity index (χ0v) is 14.2. The fraction of sp³-hybridized carbons (Fsp3) is 0.211. The van der Waals surface area contributed by atoms with Gasteiger partial charge in [0, 0.05) is 30.2 Å². The number of anilines is 1. The van der Waals surface area contributed by atoms with Gasteiger partial charge in [-0.1, -0.05) is 30.3 Å². The van der Waals surface area contributed by atoms with Crippen LogP contribution in [-0.2, 0) is 13.1 Å². The number of aromatic nitrogens is 2. The van der Waals surface area contributed by atoms with Crippen LogP contribution in [0.3, 0.4) is 0 Å². The van der Waals surface area contributed by atoms with E-state index < -0.39 is 0 Å². The lowest BCUT2D eigenvalue weighted by Crippen LogP contribution is -2.21. The summed E-state index contributed by atoms with van der Waals surface area (Å²) in [5.41, 5.74) is 8.42. The van der Waals surface area contributed by atoms with Gasteiger partial charge in [-0.05, 0) is 18.2 Å². The van der Waals surface area contributed by atoms with E-state index in [1.165, 1.54) is 0 Å². The van der Waals surface area contributed by atoms with Gasteiger partial charge in [0.2, 0.25) is 0 Å². The second-order valence-corrected chi connectivity index (χ2v) is 5.44. The minimum Gasteiger partial charge on any atom is -0.493 e. The Hall–Kier alpha value is -2.99. The third-order valence-electron chi connectivity index (χ3n) is 3.72. The van der Waals surface area contributed by atoms with E-state index in [0.717, 1.165) is 29.3 Å². The van der Waals surface area contributed by atoms with Crippen molar-refractivity contribution in [2.24, 2.45) is 0 Å². The van der Waals surface area contributed by atoms with E-state index in [1.54, 1.807) is 19.6 Å². The predicted molar refractivity (Wildman–Crippen MR) is 97.6 cm³/mol. The van der Waals surface area contributed by atoms with Gasteiger partial charge in [0.05, 0.1) is 20.0 Å². The van der Waals surface area contributed by atoms with Crippen molar-refractivity contribution in [2.75, 3.05) is 19.1 Å². The van der Waals surface area contributed by atoms with Gasteiger partial charge in [-0.25, -0.2) is 10.4 Å². The Labute approximate surface area is 147 Å². The third kappa shape index (κ3) is 4.74. The van der Waals surface area contributed by atoms with Crippen LogP contribution < -0.4 is 20.3 Å². The number of nitrogens with one attached hydrogen (secondary N) is 2. The summed E-state index contributed by atoms with van der Waals surface area (Å²) in [6.45, 7) is 1.87. The van der Waals surface area contributed by atoms with Crippen LogP contribution in [0.25, 0.3) is 0 Å². The van der Waals surface area contributed by atoms with E-state index in [4.69, 9.17) is 9.47 Å². The van der Waals surface area contributed by atoms with E-state index >= 15 is 0 Å². The SMILES string of the molecule is COc1cccc(CNNc2ccccc2)c1OCCn1ccnc1. The minimum absolute atomic E-state index is 0.538. The molecule has 0 amide bonds. The van der Waals surface area contributed by atoms with Crippen molar-refractivity contribution >= 4 is 5.69 Å². The lowest BCUT2D eigenvalue weighted by atomic mass is 10.2. The fourth-order valence-electron chi connectivity index (χ4n) is 2.46. The summed E-state index contributed by atoms with van der Waals surface area (Å²) in [5, 5.41) is 0.